The van der Waals surface area contributed by atoms with Crippen molar-refractivity contribution in [2.75, 3.05) is 5.32 Å². The molecular formula is C20H20N4OS. The molecule has 0 radical (unpaired) electrons. The van der Waals surface area contributed by atoms with Gasteiger partial charge in [0, 0.05) is 5.39 Å². The van der Waals surface area contributed by atoms with Crippen molar-refractivity contribution < 1.29 is 4.79 Å². The van der Waals surface area contributed by atoms with Gasteiger partial charge in [-0.15, -0.1) is 11.3 Å². The van der Waals surface area contributed by atoms with Crippen LogP contribution >= 0.6 is 11.3 Å². The molecule has 0 fully saturated rings. The predicted octanol–water partition coefficient (Wildman–Crippen LogP) is 5.18. The van der Waals surface area contributed by atoms with Gasteiger partial charge in [-0.1, -0.05) is 24.6 Å². The molecule has 1 atom stereocenters. The van der Waals surface area contributed by atoms with E-state index in [0.717, 1.165) is 28.4 Å². The summed E-state index contributed by atoms with van der Waals surface area (Å²) in [4.78, 5) is 18.0. The van der Waals surface area contributed by atoms with Crippen LogP contribution in [0.5, 0.6) is 0 Å². The fourth-order valence-electron chi connectivity index (χ4n) is 2.99. The number of aryl methyl sites for hydroxylation is 1. The highest BCUT2D eigenvalue weighted by Gasteiger charge is 2.19. The third-order valence-corrected chi connectivity index (χ3v) is 5.48. The van der Waals surface area contributed by atoms with E-state index < -0.39 is 0 Å². The number of hydrogen-bond acceptors (Lipinski definition) is 4. The highest BCUT2D eigenvalue weighted by atomic mass is 32.1. The van der Waals surface area contributed by atoms with Crippen LogP contribution in [0.3, 0.4) is 0 Å². The van der Waals surface area contributed by atoms with Gasteiger partial charge in [0.1, 0.15) is 0 Å². The maximum absolute atomic E-state index is 12.5. The Kier molecular flexibility index (Phi) is 4.20. The number of rotatable bonds is 4. The summed E-state index contributed by atoms with van der Waals surface area (Å²) in [6.07, 6.45) is 0.933. The first-order valence-corrected chi connectivity index (χ1v) is 9.59. The molecule has 1 N–H and O–H groups in total. The van der Waals surface area contributed by atoms with E-state index in [1.54, 1.807) is 0 Å². The van der Waals surface area contributed by atoms with Crippen LogP contribution in [-0.4, -0.2) is 20.7 Å². The molecule has 1 amide bonds. The lowest BCUT2D eigenvalue weighted by Crippen LogP contribution is -2.12. The van der Waals surface area contributed by atoms with Crippen molar-refractivity contribution in [1.29, 1.82) is 0 Å². The molecule has 132 valence electrons. The molecule has 1 aromatic carbocycles. The Bertz CT molecular complexity index is 1100. The van der Waals surface area contributed by atoms with Gasteiger partial charge in [0.05, 0.1) is 21.8 Å². The molecule has 0 spiro atoms. The number of nitrogens with zero attached hydrogens (tertiary/aromatic N) is 3. The Morgan fingerprint density at radius 1 is 1.31 bits per heavy atom. The summed E-state index contributed by atoms with van der Waals surface area (Å²) in [5.41, 5.74) is 2.91. The van der Waals surface area contributed by atoms with Crippen molar-refractivity contribution in [2.45, 2.75) is 33.2 Å². The van der Waals surface area contributed by atoms with Crippen LogP contribution in [0.4, 0.5) is 5.82 Å². The molecule has 1 unspecified atom stereocenters. The second-order valence-corrected chi connectivity index (χ2v) is 7.49. The molecule has 0 saturated carbocycles. The largest absolute Gasteiger partial charge is 0.304 e. The van der Waals surface area contributed by atoms with Crippen molar-refractivity contribution in [3.8, 4) is 0 Å². The first kappa shape index (κ1) is 16.7. The first-order valence-electron chi connectivity index (χ1n) is 8.71. The molecule has 0 aliphatic heterocycles. The van der Waals surface area contributed by atoms with Gasteiger partial charge in [-0.2, -0.15) is 5.10 Å². The second kappa shape index (κ2) is 6.53. The van der Waals surface area contributed by atoms with E-state index in [2.05, 4.69) is 49.4 Å². The lowest BCUT2D eigenvalue weighted by molar-refractivity contribution is 0.103. The smallest absolute Gasteiger partial charge is 0.266 e. The number of benzene rings is 1. The zero-order chi connectivity index (χ0) is 18.3. The summed E-state index contributed by atoms with van der Waals surface area (Å²) in [6.45, 7) is 6.29. The minimum atomic E-state index is -0.139. The zero-order valence-electron chi connectivity index (χ0n) is 15.0. The van der Waals surface area contributed by atoms with Crippen molar-refractivity contribution in [3.05, 3.63) is 52.2 Å². The van der Waals surface area contributed by atoms with Gasteiger partial charge in [0.25, 0.3) is 5.91 Å². The summed E-state index contributed by atoms with van der Waals surface area (Å²) in [5, 5.41) is 11.5. The third kappa shape index (κ3) is 2.86. The van der Waals surface area contributed by atoms with Gasteiger partial charge in [-0.05, 0) is 49.9 Å². The number of thiophene rings is 1. The van der Waals surface area contributed by atoms with Crippen molar-refractivity contribution in [1.82, 2.24) is 14.8 Å². The van der Waals surface area contributed by atoms with Crippen LogP contribution in [0.15, 0.2) is 41.8 Å². The monoisotopic (exact) mass is 364 g/mol. The Labute approximate surface area is 155 Å². The lowest BCUT2D eigenvalue weighted by atomic mass is 10.1. The Balaban J connectivity index is 1.89. The molecule has 5 nitrogen and oxygen atoms in total. The van der Waals surface area contributed by atoms with Crippen LogP contribution in [0.1, 0.15) is 41.5 Å². The van der Waals surface area contributed by atoms with Gasteiger partial charge in [-0.3, -0.25) is 4.79 Å². The Morgan fingerprint density at radius 3 is 2.88 bits per heavy atom. The molecule has 4 aromatic rings. The normalized spacial score (nSPS) is 12.6. The predicted molar refractivity (Wildman–Crippen MR) is 107 cm³/mol. The third-order valence-electron chi connectivity index (χ3n) is 4.62. The van der Waals surface area contributed by atoms with Crippen LogP contribution in [0, 0.1) is 6.92 Å². The number of pyridine rings is 1. The number of fused-ring (bicyclic) bond motifs is 2. The molecule has 3 heterocycles. The summed E-state index contributed by atoms with van der Waals surface area (Å²) < 4.78 is 1.92. The Hall–Kier alpha value is -2.73. The highest BCUT2D eigenvalue weighted by Crippen LogP contribution is 2.29. The molecule has 6 heteroatoms. The number of aromatic nitrogens is 3. The standard InChI is InChI=1S/C20H20N4OS/c1-4-13(3)24-19-15(11-14-10-12(2)7-8-16(14)21-19)18(23-24)22-20(25)17-6-5-9-26-17/h5-11,13H,4H2,1-3H3,(H,22,23,25). The maximum atomic E-state index is 12.5. The van der Waals surface area contributed by atoms with Gasteiger partial charge in [0.15, 0.2) is 11.5 Å². The summed E-state index contributed by atoms with van der Waals surface area (Å²) in [7, 11) is 0. The second-order valence-electron chi connectivity index (χ2n) is 6.54. The zero-order valence-corrected chi connectivity index (χ0v) is 15.8. The van der Waals surface area contributed by atoms with Gasteiger partial charge in [-0.25, -0.2) is 9.67 Å². The quantitative estimate of drug-likeness (QED) is 0.543. The van der Waals surface area contributed by atoms with Crippen molar-refractivity contribution >= 4 is 45.0 Å². The molecule has 4 rings (SSSR count). The van der Waals surface area contributed by atoms with Crippen molar-refractivity contribution in [3.63, 3.8) is 0 Å². The lowest BCUT2D eigenvalue weighted by Gasteiger charge is -2.10. The molecule has 0 bridgehead atoms. The van der Waals surface area contributed by atoms with E-state index in [0.29, 0.717) is 10.7 Å². The van der Waals surface area contributed by atoms with Gasteiger partial charge >= 0.3 is 0 Å². The minimum Gasteiger partial charge on any atom is -0.304 e. The molecule has 0 aliphatic rings. The molecule has 0 saturated heterocycles. The number of nitrogens with one attached hydrogen (secondary N) is 1. The fourth-order valence-corrected chi connectivity index (χ4v) is 3.61. The van der Waals surface area contributed by atoms with Crippen LogP contribution in [0.25, 0.3) is 21.9 Å². The van der Waals surface area contributed by atoms with E-state index in [9.17, 15) is 4.79 Å². The molecule has 3 aromatic heterocycles. The Morgan fingerprint density at radius 2 is 2.15 bits per heavy atom. The number of amides is 1. The molecule has 0 aliphatic carbocycles. The van der Waals surface area contributed by atoms with E-state index in [4.69, 9.17) is 4.98 Å². The van der Waals surface area contributed by atoms with Crippen LogP contribution in [0.2, 0.25) is 0 Å². The van der Waals surface area contributed by atoms with E-state index in [1.165, 1.54) is 16.9 Å². The minimum absolute atomic E-state index is 0.139. The number of hydrogen-bond donors (Lipinski definition) is 1. The number of anilines is 1. The molecule has 26 heavy (non-hydrogen) atoms. The highest BCUT2D eigenvalue weighted by molar-refractivity contribution is 7.12. The van der Waals surface area contributed by atoms with Crippen LogP contribution in [-0.2, 0) is 0 Å². The average molecular weight is 364 g/mol. The first-order chi connectivity index (χ1) is 12.6. The number of carbonyl (C=O) groups excluding carboxylic acids is 1. The number of carbonyl (C=O) groups is 1. The summed E-state index contributed by atoms with van der Waals surface area (Å²) in [6, 6.07) is 12.1. The van der Waals surface area contributed by atoms with E-state index in [-0.39, 0.29) is 11.9 Å². The average Bonchev–Trinajstić information content (AvgIpc) is 3.28. The van der Waals surface area contributed by atoms with Crippen LogP contribution < -0.4 is 5.32 Å². The van der Waals surface area contributed by atoms with Gasteiger partial charge < -0.3 is 5.32 Å². The van der Waals surface area contributed by atoms with E-state index in [1.807, 2.05) is 28.3 Å². The maximum Gasteiger partial charge on any atom is 0.266 e. The SMILES string of the molecule is CCC(C)n1nc(NC(=O)c2cccs2)c2cc3cc(C)ccc3nc21. The molecular weight excluding hydrogens is 344 g/mol. The van der Waals surface area contributed by atoms with Crippen molar-refractivity contribution in [2.24, 2.45) is 0 Å². The van der Waals surface area contributed by atoms with E-state index >= 15 is 0 Å². The summed E-state index contributed by atoms with van der Waals surface area (Å²) in [5.74, 6) is 0.426. The summed E-state index contributed by atoms with van der Waals surface area (Å²) >= 11 is 1.42. The topological polar surface area (TPSA) is 59.8 Å². The fraction of sp³-hybridized carbons (Fsp3) is 0.250. The van der Waals surface area contributed by atoms with Gasteiger partial charge in [0.2, 0.25) is 0 Å².